The van der Waals surface area contributed by atoms with Gasteiger partial charge in [0.05, 0.1) is 27.4 Å². The van der Waals surface area contributed by atoms with Gasteiger partial charge in [-0.15, -0.1) is 0 Å². The van der Waals surface area contributed by atoms with E-state index in [-0.39, 0.29) is 0 Å². The van der Waals surface area contributed by atoms with E-state index >= 15 is 4.57 Å². The number of imidazole rings is 1. The first-order chi connectivity index (χ1) is 22.7. The molecule has 10 rings (SSSR count). The summed E-state index contributed by atoms with van der Waals surface area (Å²) in [4.78, 5) is 5.44. The van der Waals surface area contributed by atoms with Crippen LogP contribution in [0.4, 0.5) is 0 Å². The lowest BCUT2D eigenvalue weighted by atomic mass is 10.0. The van der Waals surface area contributed by atoms with Crippen LogP contribution in [0.3, 0.4) is 0 Å². The molecule has 0 spiro atoms. The van der Waals surface area contributed by atoms with Crippen molar-refractivity contribution in [2.24, 2.45) is 0 Å². The fraction of sp³-hybridized carbons (Fsp3) is 0. The summed E-state index contributed by atoms with van der Waals surface area (Å²) in [5.41, 5.74) is 5.55. The number of hydrogen-bond donors (Lipinski definition) is 0. The first-order valence-corrected chi connectivity index (χ1v) is 17.2. The largest absolute Gasteiger partial charge is 0.291 e. The van der Waals surface area contributed by atoms with Gasteiger partial charge in [0, 0.05) is 32.2 Å². The summed E-state index contributed by atoms with van der Waals surface area (Å²) in [6.07, 6.45) is 0. The quantitative estimate of drug-likeness (QED) is 0.148. The van der Waals surface area contributed by atoms with Crippen LogP contribution < -0.4 is 10.6 Å². The van der Waals surface area contributed by atoms with Crippen molar-refractivity contribution in [3.63, 3.8) is 0 Å². The van der Waals surface area contributed by atoms with Crippen LogP contribution in [0.2, 0.25) is 0 Å². The molecule has 3 aromatic heterocycles. The molecule has 0 fully saturated rings. The van der Waals surface area contributed by atoms with Gasteiger partial charge in [0.2, 0.25) is 7.29 Å². The summed E-state index contributed by atoms with van der Waals surface area (Å²) >= 11 is 0. The Bertz CT molecular complexity index is 2850. The Kier molecular flexibility index (Phi) is 5.23. The zero-order valence-corrected chi connectivity index (χ0v) is 25.6. The van der Waals surface area contributed by atoms with Crippen molar-refractivity contribution in [3.8, 4) is 0 Å². The summed E-state index contributed by atoms with van der Waals surface area (Å²) in [5.74, 6) is 0. The number of aromatic nitrogens is 3. The number of hydrogen-bond acceptors (Lipinski definition) is 2. The molecular weight excluding hydrogens is 581 g/mol. The smallest absolute Gasteiger partial charge is 0.236 e. The van der Waals surface area contributed by atoms with Crippen LogP contribution in [0, 0.1) is 0 Å². The molecule has 0 aliphatic carbocycles. The average Bonchev–Trinajstić information content (AvgIpc) is 3.68. The monoisotopic (exact) mass is 607 g/mol. The lowest BCUT2D eigenvalue weighted by molar-refractivity contribution is 0.583. The lowest BCUT2D eigenvalue weighted by Crippen LogP contribution is -2.22. The van der Waals surface area contributed by atoms with E-state index < -0.39 is 7.29 Å². The summed E-state index contributed by atoms with van der Waals surface area (Å²) in [6.45, 7) is 0. The molecule has 0 aliphatic heterocycles. The highest BCUT2D eigenvalue weighted by Gasteiger charge is 2.35. The Morgan fingerprint density at radius 3 is 1.78 bits per heavy atom. The molecule has 46 heavy (non-hydrogen) atoms. The third-order valence-corrected chi connectivity index (χ3v) is 12.5. The highest BCUT2D eigenvalue weighted by Crippen LogP contribution is 2.52. The van der Waals surface area contributed by atoms with Gasteiger partial charge in [-0.3, -0.25) is 13.3 Å². The van der Waals surface area contributed by atoms with Crippen LogP contribution in [-0.4, -0.2) is 13.7 Å². The van der Waals surface area contributed by atoms with Gasteiger partial charge in [-0.25, -0.2) is 4.98 Å². The van der Waals surface area contributed by atoms with Crippen molar-refractivity contribution in [2.75, 3.05) is 0 Å². The van der Waals surface area contributed by atoms with Crippen molar-refractivity contribution in [2.45, 2.75) is 0 Å². The zero-order valence-electron chi connectivity index (χ0n) is 24.7. The Hall–Kier alpha value is -5.70. The van der Waals surface area contributed by atoms with E-state index in [1.54, 1.807) is 0 Å². The maximum Gasteiger partial charge on any atom is 0.236 e. The van der Waals surface area contributed by atoms with Crippen molar-refractivity contribution >= 4 is 88.8 Å². The highest BCUT2D eigenvalue weighted by atomic mass is 31.2. The van der Waals surface area contributed by atoms with Crippen LogP contribution in [0.15, 0.2) is 158 Å². The van der Waals surface area contributed by atoms with E-state index in [0.717, 1.165) is 70.8 Å². The Labute approximate surface area is 264 Å². The molecule has 0 bridgehead atoms. The van der Waals surface area contributed by atoms with Crippen LogP contribution >= 0.6 is 7.29 Å². The molecule has 0 saturated heterocycles. The van der Waals surface area contributed by atoms with Crippen LogP contribution in [0.1, 0.15) is 0 Å². The fourth-order valence-corrected chi connectivity index (χ4v) is 10.6. The molecule has 0 aliphatic rings. The second-order valence-corrected chi connectivity index (χ2v) is 14.5. The summed E-state index contributed by atoms with van der Waals surface area (Å²) in [7, 11) is -3.55. The van der Waals surface area contributed by atoms with Crippen molar-refractivity contribution in [3.05, 3.63) is 158 Å². The van der Waals surface area contributed by atoms with Gasteiger partial charge in [-0.2, -0.15) is 0 Å². The van der Waals surface area contributed by atoms with Crippen molar-refractivity contribution in [1.82, 2.24) is 13.7 Å². The normalized spacial score (nSPS) is 13.5. The molecule has 0 N–H and O–H groups in total. The highest BCUT2D eigenvalue weighted by molar-refractivity contribution is 7.78. The zero-order chi connectivity index (χ0) is 30.4. The predicted octanol–water partition coefficient (Wildman–Crippen LogP) is 9.83. The van der Waals surface area contributed by atoms with Crippen molar-refractivity contribution < 1.29 is 4.57 Å². The minimum atomic E-state index is -3.55. The predicted molar refractivity (Wildman–Crippen MR) is 193 cm³/mol. The Balaban J connectivity index is 1.44. The van der Waals surface area contributed by atoms with E-state index in [2.05, 4.69) is 112 Å². The second kappa shape index (κ2) is 9.40. The van der Waals surface area contributed by atoms with E-state index in [9.17, 15) is 0 Å². The van der Waals surface area contributed by atoms with E-state index in [1.165, 1.54) is 10.8 Å². The number of nitrogens with zero attached hydrogens (tertiary/aromatic N) is 3. The van der Waals surface area contributed by atoms with Crippen LogP contribution in [0.25, 0.3) is 70.9 Å². The number of pyridine rings is 1. The van der Waals surface area contributed by atoms with E-state index in [0.29, 0.717) is 0 Å². The van der Waals surface area contributed by atoms with Gasteiger partial charge >= 0.3 is 0 Å². The molecule has 10 aromatic rings. The SMILES string of the molecule is O=P(c1ccccc1)(c1cccc2c1nc1c3ccccc3c3ccc4ccccc4c3n21)n1c2ccccc2c2ccccc21. The Morgan fingerprint density at radius 2 is 1.04 bits per heavy atom. The fourth-order valence-electron chi connectivity index (χ4n) is 7.56. The summed E-state index contributed by atoms with van der Waals surface area (Å²) < 4.78 is 20.8. The van der Waals surface area contributed by atoms with Crippen LogP contribution in [0.5, 0.6) is 0 Å². The average molecular weight is 608 g/mol. The molecule has 5 heteroatoms. The molecule has 216 valence electrons. The maximum atomic E-state index is 16.5. The first kappa shape index (κ1) is 25.6. The number of para-hydroxylation sites is 3. The number of rotatable bonds is 3. The maximum absolute atomic E-state index is 16.5. The minimum absolute atomic E-state index is 0.726. The molecule has 1 atom stereocenters. The van der Waals surface area contributed by atoms with Gasteiger partial charge in [0.25, 0.3) is 0 Å². The van der Waals surface area contributed by atoms with Crippen molar-refractivity contribution in [1.29, 1.82) is 0 Å². The minimum Gasteiger partial charge on any atom is -0.291 e. The van der Waals surface area contributed by atoms with Gasteiger partial charge in [0.1, 0.15) is 11.2 Å². The molecule has 7 aromatic carbocycles. The molecule has 3 heterocycles. The third-order valence-electron chi connectivity index (χ3n) is 9.52. The summed E-state index contributed by atoms with van der Waals surface area (Å²) in [5, 5.41) is 9.38. The van der Waals surface area contributed by atoms with Gasteiger partial charge in [0.15, 0.2) is 0 Å². The van der Waals surface area contributed by atoms with E-state index in [4.69, 9.17) is 4.98 Å². The van der Waals surface area contributed by atoms with Gasteiger partial charge < -0.3 is 0 Å². The van der Waals surface area contributed by atoms with Gasteiger partial charge in [-0.05, 0) is 47.2 Å². The molecule has 1 unspecified atom stereocenters. The lowest BCUT2D eigenvalue weighted by Gasteiger charge is -2.23. The second-order valence-electron chi connectivity index (χ2n) is 11.9. The molecule has 4 nitrogen and oxygen atoms in total. The molecule has 0 radical (unpaired) electrons. The molecule has 0 saturated carbocycles. The molecule has 0 amide bonds. The molecular formula is C41H26N3OP. The standard InChI is InChI=1S/C41H26N3OP/c45-46(28-14-2-1-3-15-28,44-35-21-10-8-18-31(35)32-19-9-11-22-36(32)44)38-24-12-23-37-39(38)42-41-34-20-7-6-17-30(34)33-26-25-27-13-4-5-16-29(27)40(33)43(37)41/h1-26H. The van der Waals surface area contributed by atoms with Crippen LogP contribution in [-0.2, 0) is 4.57 Å². The summed E-state index contributed by atoms with van der Waals surface area (Å²) in [6, 6.07) is 54.1. The van der Waals surface area contributed by atoms with E-state index in [1.807, 2.05) is 54.6 Å². The Morgan fingerprint density at radius 1 is 0.457 bits per heavy atom. The number of benzene rings is 7. The third kappa shape index (κ3) is 3.29. The number of fused-ring (bicyclic) bond motifs is 13. The topological polar surface area (TPSA) is 39.3 Å². The van der Waals surface area contributed by atoms with Gasteiger partial charge in [-0.1, -0.05) is 121 Å². The first-order valence-electron chi connectivity index (χ1n) is 15.5.